The van der Waals surface area contributed by atoms with Gasteiger partial charge in [-0.3, -0.25) is 9.69 Å². The molecule has 1 aliphatic rings. The van der Waals surface area contributed by atoms with E-state index in [9.17, 15) is 4.79 Å². The predicted octanol–water partition coefficient (Wildman–Crippen LogP) is 1.21. The van der Waals surface area contributed by atoms with Crippen LogP contribution in [0.15, 0.2) is 0 Å². The third-order valence-corrected chi connectivity index (χ3v) is 2.98. The highest BCUT2D eigenvalue weighted by molar-refractivity contribution is 5.69. The van der Waals surface area contributed by atoms with Crippen molar-refractivity contribution in [2.45, 2.75) is 39.3 Å². The molecule has 0 amide bonds. The van der Waals surface area contributed by atoms with Crippen LogP contribution in [0.5, 0.6) is 0 Å². The Morgan fingerprint density at radius 1 is 1.67 bits per heavy atom. The van der Waals surface area contributed by atoms with Gasteiger partial charge in [0.15, 0.2) is 0 Å². The van der Waals surface area contributed by atoms with Crippen LogP contribution in [0.2, 0.25) is 0 Å². The van der Waals surface area contributed by atoms with Gasteiger partial charge < -0.3 is 9.84 Å². The van der Waals surface area contributed by atoms with Gasteiger partial charge in [-0.15, -0.1) is 0 Å². The molecule has 3 atom stereocenters. The van der Waals surface area contributed by atoms with Crippen molar-refractivity contribution in [3.05, 3.63) is 0 Å². The molecule has 1 N–H and O–H groups in total. The molecule has 0 aromatic rings. The van der Waals surface area contributed by atoms with Crippen molar-refractivity contribution in [2.75, 3.05) is 19.7 Å². The fourth-order valence-electron chi connectivity index (χ4n) is 1.94. The van der Waals surface area contributed by atoms with Crippen LogP contribution in [0, 0.1) is 5.92 Å². The summed E-state index contributed by atoms with van der Waals surface area (Å²) in [5, 5.41) is 8.88. The highest BCUT2D eigenvalue weighted by Gasteiger charge is 2.27. The van der Waals surface area contributed by atoms with Crippen LogP contribution < -0.4 is 0 Å². The van der Waals surface area contributed by atoms with Gasteiger partial charge in [-0.05, 0) is 13.3 Å². The van der Waals surface area contributed by atoms with Crippen LogP contribution in [-0.2, 0) is 9.53 Å². The first-order valence-corrected chi connectivity index (χ1v) is 5.63. The SMILES string of the molecule is CCC1COC(C)CN1CC(C)C(=O)O. The maximum Gasteiger partial charge on any atom is 0.307 e. The topological polar surface area (TPSA) is 49.8 Å². The molecule has 88 valence electrons. The lowest BCUT2D eigenvalue weighted by molar-refractivity contribution is -0.143. The Kier molecular flexibility index (Phi) is 4.54. The molecule has 3 unspecified atom stereocenters. The van der Waals surface area contributed by atoms with Gasteiger partial charge in [0.05, 0.1) is 18.6 Å². The second-order valence-electron chi connectivity index (χ2n) is 4.40. The van der Waals surface area contributed by atoms with Crippen LogP contribution in [0.1, 0.15) is 27.2 Å². The van der Waals surface area contributed by atoms with Crippen molar-refractivity contribution in [1.82, 2.24) is 4.90 Å². The van der Waals surface area contributed by atoms with Crippen LogP contribution in [0.4, 0.5) is 0 Å². The second kappa shape index (κ2) is 5.47. The van der Waals surface area contributed by atoms with E-state index in [0.29, 0.717) is 12.6 Å². The van der Waals surface area contributed by atoms with Crippen molar-refractivity contribution < 1.29 is 14.6 Å². The van der Waals surface area contributed by atoms with Crippen molar-refractivity contribution >= 4 is 5.97 Å². The smallest absolute Gasteiger partial charge is 0.307 e. The first-order valence-electron chi connectivity index (χ1n) is 5.63. The number of ether oxygens (including phenoxy) is 1. The van der Waals surface area contributed by atoms with Crippen molar-refractivity contribution in [2.24, 2.45) is 5.92 Å². The molecule has 1 rings (SSSR count). The molecule has 1 heterocycles. The van der Waals surface area contributed by atoms with Gasteiger partial charge in [0.2, 0.25) is 0 Å². The minimum Gasteiger partial charge on any atom is -0.481 e. The first-order chi connectivity index (χ1) is 7.04. The van der Waals surface area contributed by atoms with E-state index in [-0.39, 0.29) is 12.0 Å². The number of carboxylic acids is 1. The van der Waals surface area contributed by atoms with E-state index in [1.165, 1.54) is 0 Å². The van der Waals surface area contributed by atoms with E-state index in [2.05, 4.69) is 11.8 Å². The third kappa shape index (κ3) is 3.47. The van der Waals surface area contributed by atoms with Crippen molar-refractivity contribution in [3.63, 3.8) is 0 Å². The summed E-state index contributed by atoms with van der Waals surface area (Å²) in [4.78, 5) is 13.0. The molecule has 4 nitrogen and oxygen atoms in total. The lowest BCUT2D eigenvalue weighted by Gasteiger charge is -2.39. The maximum atomic E-state index is 10.8. The minimum atomic E-state index is -0.719. The van der Waals surface area contributed by atoms with Crippen molar-refractivity contribution in [3.8, 4) is 0 Å². The first kappa shape index (κ1) is 12.5. The highest BCUT2D eigenvalue weighted by atomic mass is 16.5. The number of nitrogens with zero attached hydrogens (tertiary/aromatic N) is 1. The van der Waals surface area contributed by atoms with Crippen LogP contribution in [0.3, 0.4) is 0 Å². The van der Waals surface area contributed by atoms with Crippen LogP contribution in [0.25, 0.3) is 0 Å². The Hall–Kier alpha value is -0.610. The molecule has 4 heteroatoms. The van der Waals surface area contributed by atoms with E-state index < -0.39 is 5.97 Å². The summed E-state index contributed by atoms with van der Waals surface area (Å²) in [7, 11) is 0. The van der Waals surface area contributed by atoms with Gasteiger partial charge in [0.25, 0.3) is 0 Å². The quantitative estimate of drug-likeness (QED) is 0.765. The Morgan fingerprint density at radius 2 is 2.33 bits per heavy atom. The molecule has 1 aliphatic heterocycles. The standard InChI is InChI=1S/C11H21NO3/c1-4-10-7-15-9(3)6-12(10)5-8(2)11(13)14/h8-10H,4-7H2,1-3H3,(H,13,14). The molecule has 1 fully saturated rings. The number of carboxylic acid groups (broad SMARTS) is 1. The third-order valence-electron chi connectivity index (χ3n) is 2.98. The molecule has 0 bridgehead atoms. The highest BCUT2D eigenvalue weighted by Crippen LogP contribution is 2.16. The second-order valence-corrected chi connectivity index (χ2v) is 4.40. The zero-order valence-corrected chi connectivity index (χ0v) is 9.77. The van der Waals surface area contributed by atoms with E-state index in [4.69, 9.17) is 9.84 Å². The van der Waals surface area contributed by atoms with Crippen LogP contribution in [-0.4, -0.2) is 47.8 Å². The van der Waals surface area contributed by atoms with Gasteiger partial charge in [-0.25, -0.2) is 0 Å². The Labute approximate surface area is 91.2 Å². The molecule has 0 aromatic heterocycles. The molecule has 0 aliphatic carbocycles. The summed E-state index contributed by atoms with van der Waals surface area (Å²) >= 11 is 0. The fraction of sp³-hybridized carbons (Fsp3) is 0.909. The average molecular weight is 215 g/mol. The predicted molar refractivity (Wildman–Crippen MR) is 57.9 cm³/mol. The summed E-state index contributed by atoms with van der Waals surface area (Å²) in [6, 6.07) is 0.378. The number of hydrogen-bond acceptors (Lipinski definition) is 3. The van der Waals surface area contributed by atoms with Crippen molar-refractivity contribution in [1.29, 1.82) is 0 Å². The Bertz CT molecular complexity index is 220. The molecule has 1 saturated heterocycles. The Balaban J connectivity index is 2.51. The van der Waals surface area contributed by atoms with Crippen LogP contribution >= 0.6 is 0 Å². The normalized spacial score (nSPS) is 30.1. The monoisotopic (exact) mass is 215 g/mol. The van der Waals surface area contributed by atoms with Gasteiger partial charge in [-0.1, -0.05) is 13.8 Å². The summed E-state index contributed by atoms with van der Waals surface area (Å²) in [6.07, 6.45) is 1.23. The molecular formula is C11H21NO3. The van der Waals surface area contributed by atoms with Gasteiger partial charge in [0, 0.05) is 19.1 Å². The van der Waals surface area contributed by atoms with E-state index in [1.54, 1.807) is 6.92 Å². The molecular weight excluding hydrogens is 194 g/mol. The summed E-state index contributed by atoms with van der Waals surface area (Å²) in [5.41, 5.74) is 0. The average Bonchev–Trinajstić information content (AvgIpc) is 2.18. The Morgan fingerprint density at radius 3 is 2.87 bits per heavy atom. The van der Waals surface area contributed by atoms with E-state index in [1.807, 2.05) is 6.92 Å². The molecule has 0 radical (unpaired) electrons. The number of aliphatic carboxylic acids is 1. The van der Waals surface area contributed by atoms with Gasteiger partial charge >= 0.3 is 5.97 Å². The molecule has 0 saturated carbocycles. The number of rotatable bonds is 4. The lowest BCUT2D eigenvalue weighted by Crippen LogP contribution is -2.50. The zero-order valence-electron chi connectivity index (χ0n) is 9.77. The largest absolute Gasteiger partial charge is 0.481 e. The van der Waals surface area contributed by atoms with Gasteiger partial charge in [0.1, 0.15) is 0 Å². The molecule has 0 aromatic carbocycles. The number of morpholine rings is 1. The summed E-state index contributed by atoms with van der Waals surface area (Å²) in [5.74, 6) is -1.02. The molecule has 15 heavy (non-hydrogen) atoms. The minimum absolute atomic E-state index is 0.216. The number of carbonyl (C=O) groups is 1. The zero-order chi connectivity index (χ0) is 11.4. The summed E-state index contributed by atoms with van der Waals surface area (Å²) < 4.78 is 5.56. The number of hydrogen-bond donors (Lipinski definition) is 1. The molecule has 0 spiro atoms. The fourth-order valence-corrected chi connectivity index (χ4v) is 1.94. The summed E-state index contributed by atoms with van der Waals surface area (Å²) in [6.45, 7) is 8.10. The van der Waals surface area contributed by atoms with Gasteiger partial charge in [-0.2, -0.15) is 0 Å². The van der Waals surface area contributed by atoms with E-state index in [0.717, 1.165) is 19.6 Å². The lowest BCUT2D eigenvalue weighted by atomic mass is 10.1. The van der Waals surface area contributed by atoms with E-state index >= 15 is 0 Å². The maximum absolute atomic E-state index is 10.8.